The van der Waals surface area contributed by atoms with Crippen LogP contribution in [-0.4, -0.2) is 21.7 Å². The summed E-state index contributed by atoms with van der Waals surface area (Å²) >= 11 is 0. The van der Waals surface area contributed by atoms with Gasteiger partial charge in [-0.1, -0.05) is 18.2 Å². The minimum Gasteiger partial charge on any atom is -0.316 e. The van der Waals surface area contributed by atoms with Crippen LogP contribution in [0.1, 0.15) is 5.69 Å². The van der Waals surface area contributed by atoms with Gasteiger partial charge in [-0.3, -0.25) is 10.1 Å². The summed E-state index contributed by atoms with van der Waals surface area (Å²) in [7, 11) is 0. The van der Waals surface area contributed by atoms with Gasteiger partial charge in [0.15, 0.2) is 0 Å². The van der Waals surface area contributed by atoms with Gasteiger partial charge in [0.05, 0.1) is 16.8 Å². The van der Waals surface area contributed by atoms with E-state index in [1.54, 1.807) is 35.0 Å². The minimum absolute atomic E-state index is 0.0235. The second kappa shape index (κ2) is 7.75. The highest BCUT2D eigenvalue weighted by Crippen LogP contribution is 2.16. The maximum atomic E-state index is 11.8. The van der Waals surface area contributed by atoms with Crippen LogP contribution in [0.5, 0.6) is 0 Å². The first-order valence-corrected chi connectivity index (χ1v) is 7.71. The fraction of sp³-hybridized carbons (Fsp3) is 0. The Morgan fingerprint density at radius 2 is 1.77 bits per heavy atom. The molecule has 0 unspecified atom stereocenters. The van der Waals surface area contributed by atoms with E-state index in [1.807, 2.05) is 30.3 Å². The highest BCUT2D eigenvalue weighted by molar-refractivity contribution is 5.90. The van der Waals surface area contributed by atoms with Crippen LogP contribution < -0.4 is 10.7 Å². The maximum absolute atomic E-state index is 11.8. The van der Waals surface area contributed by atoms with Gasteiger partial charge in [-0.15, -0.1) is 0 Å². The van der Waals surface area contributed by atoms with Crippen molar-refractivity contribution < 1.29 is 9.72 Å². The van der Waals surface area contributed by atoms with Crippen LogP contribution in [0, 0.1) is 10.1 Å². The molecular formula is C18H15N5O3. The molecule has 8 heteroatoms. The van der Waals surface area contributed by atoms with E-state index in [1.165, 1.54) is 18.3 Å². The number of hydrogen-bond donors (Lipinski definition) is 2. The summed E-state index contributed by atoms with van der Waals surface area (Å²) in [6, 6.07) is 18.3. The number of amides is 2. The third-order valence-electron chi connectivity index (χ3n) is 3.51. The number of benzene rings is 2. The third kappa shape index (κ3) is 4.12. The molecule has 0 bridgehead atoms. The molecule has 0 aliphatic heterocycles. The van der Waals surface area contributed by atoms with Crippen molar-refractivity contribution >= 4 is 23.6 Å². The molecular weight excluding hydrogens is 334 g/mol. The fourth-order valence-corrected chi connectivity index (χ4v) is 2.31. The monoisotopic (exact) mass is 349 g/mol. The number of carbonyl (C=O) groups is 1. The normalized spacial score (nSPS) is 10.6. The highest BCUT2D eigenvalue weighted by Gasteiger charge is 2.06. The lowest BCUT2D eigenvalue weighted by Crippen LogP contribution is -2.24. The van der Waals surface area contributed by atoms with Crippen molar-refractivity contribution in [2.24, 2.45) is 5.10 Å². The molecule has 3 rings (SSSR count). The number of non-ortho nitro benzene ring substituents is 1. The Morgan fingerprint density at radius 3 is 2.46 bits per heavy atom. The number of nitro groups is 1. The predicted molar refractivity (Wildman–Crippen MR) is 98.6 cm³/mol. The lowest BCUT2D eigenvalue weighted by Gasteiger charge is -2.06. The van der Waals surface area contributed by atoms with Crippen LogP contribution in [0.25, 0.3) is 5.69 Å². The van der Waals surface area contributed by atoms with Crippen LogP contribution in [0.2, 0.25) is 0 Å². The Morgan fingerprint density at radius 1 is 1.04 bits per heavy atom. The largest absolute Gasteiger partial charge is 0.339 e. The fourth-order valence-electron chi connectivity index (χ4n) is 2.31. The molecule has 0 aliphatic rings. The quantitative estimate of drug-likeness (QED) is 0.418. The molecule has 1 aromatic heterocycles. The zero-order chi connectivity index (χ0) is 18.4. The Kier molecular flexibility index (Phi) is 5.04. The van der Waals surface area contributed by atoms with E-state index in [9.17, 15) is 14.9 Å². The zero-order valence-electron chi connectivity index (χ0n) is 13.6. The van der Waals surface area contributed by atoms with E-state index >= 15 is 0 Å². The SMILES string of the molecule is O=C(N/N=C/c1cccn1-c1ccc([N+](=O)[O-])cc1)Nc1ccccc1. The predicted octanol–water partition coefficient (Wildman–Crippen LogP) is 3.54. The first-order valence-electron chi connectivity index (χ1n) is 7.71. The molecule has 2 amide bonds. The van der Waals surface area contributed by atoms with Gasteiger partial charge >= 0.3 is 6.03 Å². The molecule has 0 saturated heterocycles. The number of para-hydroxylation sites is 1. The standard InChI is InChI=1S/C18H15N5O3/c24-18(20-14-5-2-1-3-6-14)21-19-13-17-7-4-12-22(17)15-8-10-16(11-9-15)23(25)26/h1-13H,(H2,20,21,24)/b19-13+. The smallest absolute Gasteiger partial charge is 0.316 e. The van der Waals surface area contributed by atoms with E-state index in [4.69, 9.17) is 0 Å². The summed E-state index contributed by atoms with van der Waals surface area (Å²) in [6.45, 7) is 0. The van der Waals surface area contributed by atoms with Crippen LogP contribution in [0.4, 0.5) is 16.2 Å². The van der Waals surface area contributed by atoms with E-state index in [0.29, 0.717) is 11.4 Å². The van der Waals surface area contributed by atoms with Gasteiger partial charge < -0.3 is 9.88 Å². The number of hydrazone groups is 1. The summed E-state index contributed by atoms with van der Waals surface area (Å²) in [6.07, 6.45) is 3.29. The van der Waals surface area contributed by atoms with Crippen LogP contribution in [-0.2, 0) is 0 Å². The summed E-state index contributed by atoms with van der Waals surface area (Å²) in [5, 5.41) is 17.3. The van der Waals surface area contributed by atoms with Gasteiger partial charge in [0.2, 0.25) is 0 Å². The first kappa shape index (κ1) is 16.9. The summed E-state index contributed by atoms with van der Waals surface area (Å²) in [5.74, 6) is 0. The van der Waals surface area contributed by atoms with Crippen molar-refractivity contribution in [3.05, 3.63) is 88.7 Å². The van der Waals surface area contributed by atoms with Crippen LogP contribution in [0.15, 0.2) is 78.0 Å². The number of rotatable bonds is 5. The van der Waals surface area contributed by atoms with Gasteiger partial charge in [0.25, 0.3) is 5.69 Å². The highest BCUT2D eigenvalue weighted by atomic mass is 16.6. The van der Waals surface area contributed by atoms with Crippen molar-refractivity contribution in [2.75, 3.05) is 5.32 Å². The summed E-state index contributed by atoms with van der Waals surface area (Å²) < 4.78 is 1.80. The topological polar surface area (TPSA) is 102 Å². The Bertz CT molecular complexity index is 933. The molecule has 0 spiro atoms. The third-order valence-corrected chi connectivity index (χ3v) is 3.51. The average Bonchev–Trinajstić information content (AvgIpc) is 3.11. The number of nitrogens with one attached hydrogen (secondary N) is 2. The van der Waals surface area contributed by atoms with Crippen LogP contribution >= 0.6 is 0 Å². The molecule has 0 atom stereocenters. The van der Waals surface area contributed by atoms with Crippen molar-refractivity contribution in [2.45, 2.75) is 0 Å². The lowest BCUT2D eigenvalue weighted by atomic mass is 10.3. The molecule has 8 nitrogen and oxygen atoms in total. The van der Waals surface area contributed by atoms with Crippen molar-refractivity contribution in [1.82, 2.24) is 9.99 Å². The number of nitro benzene ring substituents is 1. The van der Waals surface area contributed by atoms with Crippen molar-refractivity contribution in [1.29, 1.82) is 0 Å². The Hall–Kier alpha value is -3.94. The Balaban J connectivity index is 1.66. The molecule has 1 heterocycles. The number of nitrogens with zero attached hydrogens (tertiary/aromatic N) is 3. The number of hydrogen-bond acceptors (Lipinski definition) is 4. The maximum Gasteiger partial charge on any atom is 0.339 e. The minimum atomic E-state index is -0.458. The molecule has 0 fully saturated rings. The molecule has 2 N–H and O–H groups in total. The second-order valence-corrected chi connectivity index (χ2v) is 5.27. The van der Waals surface area contributed by atoms with Crippen molar-refractivity contribution in [3.8, 4) is 5.69 Å². The Labute approximate surface area is 148 Å². The summed E-state index contributed by atoms with van der Waals surface area (Å²) in [4.78, 5) is 22.1. The molecule has 3 aromatic rings. The molecule has 2 aromatic carbocycles. The average molecular weight is 349 g/mol. The second-order valence-electron chi connectivity index (χ2n) is 5.27. The number of urea groups is 1. The van der Waals surface area contributed by atoms with E-state index < -0.39 is 11.0 Å². The molecule has 0 saturated carbocycles. The van der Waals surface area contributed by atoms with E-state index in [-0.39, 0.29) is 5.69 Å². The van der Waals surface area contributed by atoms with Crippen LogP contribution in [0.3, 0.4) is 0 Å². The molecule has 0 radical (unpaired) electrons. The van der Waals surface area contributed by atoms with Gasteiger partial charge in [0.1, 0.15) is 0 Å². The van der Waals surface area contributed by atoms with Gasteiger partial charge in [-0.05, 0) is 36.4 Å². The number of carbonyl (C=O) groups excluding carboxylic acids is 1. The number of anilines is 1. The number of aromatic nitrogens is 1. The van der Waals surface area contributed by atoms with Crippen molar-refractivity contribution in [3.63, 3.8) is 0 Å². The summed E-state index contributed by atoms with van der Waals surface area (Å²) in [5.41, 5.74) is 4.53. The van der Waals surface area contributed by atoms with Gasteiger partial charge in [0, 0.05) is 29.7 Å². The molecule has 0 aliphatic carbocycles. The lowest BCUT2D eigenvalue weighted by molar-refractivity contribution is -0.384. The zero-order valence-corrected chi connectivity index (χ0v) is 13.6. The van der Waals surface area contributed by atoms with Gasteiger partial charge in [-0.2, -0.15) is 5.10 Å². The van der Waals surface area contributed by atoms with E-state index in [2.05, 4.69) is 15.8 Å². The first-order chi connectivity index (χ1) is 12.6. The van der Waals surface area contributed by atoms with Gasteiger partial charge in [-0.25, -0.2) is 10.2 Å². The molecule has 130 valence electrons. The molecule has 26 heavy (non-hydrogen) atoms. The van der Waals surface area contributed by atoms with E-state index in [0.717, 1.165) is 5.69 Å².